The normalized spacial score (nSPS) is 14.6. The van der Waals surface area contributed by atoms with Gasteiger partial charge in [0.2, 0.25) is 11.8 Å². The van der Waals surface area contributed by atoms with Crippen molar-refractivity contribution in [2.75, 3.05) is 4.90 Å². The first-order chi connectivity index (χ1) is 16.4. The molecule has 1 fully saturated rings. The molecule has 0 radical (unpaired) electrons. The molecule has 8 heteroatoms. The molecule has 0 aliphatic heterocycles. The Morgan fingerprint density at radius 2 is 1.86 bits per heavy atom. The highest BCUT2D eigenvalue weighted by Gasteiger charge is 2.35. The average Bonchev–Trinajstić information content (AvgIpc) is 3.22. The maximum atomic E-state index is 14.3. The van der Waals surface area contributed by atoms with Gasteiger partial charge in [-0.2, -0.15) is 0 Å². The van der Waals surface area contributed by atoms with Crippen LogP contribution < -0.4 is 10.2 Å². The van der Waals surface area contributed by atoms with Crippen LogP contribution in [0.25, 0.3) is 0 Å². The van der Waals surface area contributed by atoms with Crippen LogP contribution in [0.1, 0.15) is 55.1 Å². The summed E-state index contributed by atoms with van der Waals surface area (Å²) in [5.41, 5.74) is 1.95. The molecule has 1 atom stereocenters. The van der Waals surface area contributed by atoms with E-state index < -0.39 is 11.9 Å². The summed E-state index contributed by atoms with van der Waals surface area (Å²) in [7, 11) is 0. The number of nitrogens with one attached hydrogen (secondary N) is 1. The topological polar surface area (TPSA) is 67.2 Å². The zero-order valence-corrected chi connectivity index (χ0v) is 20.9. The van der Waals surface area contributed by atoms with E-state index in [1.54, 1.807) is 29.1 Å². The van der Waals surface area contributed by atoms with Gasteiger partial charge in [-0.1, -0.05) is 49.6 Å². The minimum absolute atomic E-state index is 0. The number of hydrogen-bond donors (Lipinski definition) is 1. The Kier molecular flexibility index (Phi) is 9.04. The van der Waals surface area contributed by atoms with Gasteiger partial charge in [0, 0.05) is 24.1 Å². The number of halogens is 2. The Balaban J connectivity index is 0.00000342. The number of amides is 2. The van der Waals surface area contributed by atoms with Crippen LogP contribution in [0.4, 0.5) is 10.1 Å². The molecule has 186 valence electrons. The number of aryl methyl sites for hydroxylation is 2. The standard InChI is InChI=1S/C27H31FN4O2.ClH/c1-19-9-6-7-14-24(19)26(27(34)30-22-11-4-3-5-12-22)32(23-13-8-10-21(28)17-23)25(33)18-31-16-15-29-20(31)2;/h6-10,13-17,22,26H,3-5,11-12,18H2,1-2H3,(H,30,34);1H. The van der Waals surface area contributed by atoms with E-state index in [4.69, 9.17) is 0 Å². The number of rotatable bonds is 7. The Morgan fingerprint density at radius 3 is 2.51 bits per heavy atom. The third-order valence-electron chi connectivity index (χ3n) is 6.53. The summed E-state index contributed by atoms with van der Waals surface area (Å²) in [6.07, 6.45) is 8.53. The number of anilines is 1. The smallest absolute Gasteiger partial charge is 0.248 e. The summed E-state index contributed by atoms with van der Waals surface area (Å²) < 4.78 is 16.0. The number of benzene rings is 2. The minimum Gasteiger partial charge on any atom is -0.351 e. The Morgan fingerprint density at radius 1 is 1.11 bits per heavy atom. The van der Waals surface area contributed by atoms with Crippen LogP contribution in [0, 0.1) is 19.7 Å². The van der Waals surface area contributed by atoms with Crippen molar-refractivity contribution in [3.8, 4) is 0 Å². The van der Waals surface area contributed by atoms with Crippen LogP contribution >= 0.6 is 12.4 Å². The lowest BCUT2D eigenvalue weighted by atomic mass is 9.93. The number of carbonyl (C=O) groups is 2. The van der Waals surface area contributed by atoms with E-state index in [2.05, 4.69) is 10.3 Å². The van der Waals surface area contributed by atoms with Gasteiger partial charge in [0.15, 0.2) is 0 Å². The van der Waals surface area contributed by atoms with Crippen molar-refractivity contribution in [2.45, 2.75) is 64.6 Å². The SMILES string of the molecule is Cc1ccccc1C(C(=O)NC1CCCCC1)N(C(=O)Cn1ccnc1C)c1cccc(F)c1.Cl. The third-order valence-corrected chi connectivity index (χ3v) is 6.53. The molecule has 0 bridgehead atoms. The maximum absolute atomic E-state index is 14.3. The lowest BCUT2D eigenvalue weighted by Gasteiger charge is -2.34. The predicted octanol–water partition coefficient (Wildman–Crippen LogP) is 5.28. The van der Waals surface area contributed by atoms with Gasteiger partial charge in [-0.05, 0) is 56.0 Å². The second-order valence-corrected chi connectivity index (χ2v) is 8.95. The lowest BCUT2D eigenvalue weighted by molar-refractivity contribution is -0.127. The van der Waals surface area contributed by atoms with Gasteiger partial charge >= 0.3 is 0 Å². The zero-order chi connectivity index (χ0) is 24.1. The van der Waals surface area contributed by atoms with Gasteiger partial charge in [-0.3, -0.25) is 14.5 Å². The highest BCUT2D eigenvalue weighted by molar-refractivity contribution is 6.01. The summed E-state index contributed by atoms with van der Waals surface area (Å²) >= 11 is 0. The fourth-order valence-electron chi connectivity index (χ4n) is 4.67. The molecule has 35 heavy (non-hydrogen) atoms. The highest BCUT2D eigenvalue weighted by atomic mass is 35.5. The molecular formula is C27H32ClFN4O2. The molecule has 1 heterocycles. The molecule has 0 spiro atoms. The number of imidazole rings is 1. The van der Waals surface area contributed by atoms with E-state index in [0.717, 1.165) is 36.8 Å². The summed E-state index contributed by atoms with van der Waals surface area (Å²) in [5, 5.41) is 3.19. The van der Waals surface area contributed by atoms with E-state index in [1.807, 2.05) is 38.1 Å². The van der Waals surface area contributed by atoms with Crippen molar-refractivity contribution < 1.29 is 14.0 Å². The fourth-order valence-corrected chi connectivity index (χ4v) is 4.67. The first-order valence-corrected chi connectivity index (χ1v) is 11.9. The molecule has 2 aromatic carbocycles. The van der Waals surface area contributed by atoms with Crippen molar-refractivity contribution in [1.82, 2.24) is 14.9 Å². The lowest BCUT2D eigenvalue weighted by Crippen LogP contribution is -2.48. The van der Waals surface area contributed by atoms with Gasteiger partial charge in [0.05, 0.1) is 0 Å². The summed E-state index contributed by atoms with van der Waals surface area (Å²) in [6.45, 7) is 3.72. The molecule has 0 saturated heterocycles. The fraction of sp³-hybridized carbons (Fsp3) is 0.370. The van der Waals surface area contributed by atoms with Crippen LogP contribution in [-0.2, 0) is 16.1 Å². The van der Waals surface area contributed by atoms with Gasteiger partial charge in [-0.15, -0.1) is 12.4 Å². The maximum Gasteiger partial charge on any atom is 0.248 e. The molecular weight excluding hydrogens is 467 g/mol. The van der Waals surface area contributed by atoms with Crippen molar-refractivity contribution >= 4 is 29.9 Å². The average molecular weight is 499 g/mol. The van der Waals surface area contributed by atoms with Crippen LogP contribution in [0.3, 0.4) is 0 Å². The van der Waals surface area contributed by atoms with E-state index in [9.17, 15) is 14.0 Å². The van der Waals surface area contributed by atoms with Crippen LogP contribution in [0.15, 0.2) is 60.9 Å². The van der Waals surface area contributed by atoms with Crippen molar-refractivity contribution in [3.63, 3.8) is 0 Å². The first-order valence-electron chi connectivity index (χ1n) is 11.9. The van der Waals surface area contributed by atoms with Crippen molar-refractivity contribution in [3.05, 3.63) is 83.7 Å². The van der Waals surface area contributed by atoms with E-state index in [1.165, 1.54) is 23.5 Å². The van der Waals surface area contributed by atoms with Crippen LogP contribution in [0.5, 0.6) is 0 Å². The molecule has 2 amide bonds. The quantitative estimate of drug-likeness (QED) is 0.481. The van der Waals surface area contributed by atoms with Crippen molar-refractivity contribution in [1.29, 1.82) is 0 Å². The number of aromatic nitrogens is 2. The van der Waals surface area contributed by atoms with Crippen molar-refractivity contribution in [2.24, 2.45) is 0 Å². The van der Waals surface area contributed by atoms with Crippen LogP contribution in [0.2, 0.25) is 0 Å². The Labute approximate surface area is 212 Å². The molecule has 1 aromatic heterocycles. The molecule has 1 aliphatic carbocycles. The zero-order valence-electron chi connectivity index (χ0n) is 20.1. The number of nitrogens with zero attached hydrogens (tertiary/aromatic N) is 3. The van der Waals surface area contributed by atoms with Gasteiger partial charge in [0.1, 0.15) is 24.2 Å². The summed E-state index contributed by atoms with van der Waals surface area (Å²) in [4.78, 5) is 33.2. The predicted molar refractivity (Wildman–Crippen MR) is 137 cm³/mol. The molecule has 1 unspecified atom stereocenters. The van der Waals surface area contributed by atoms with Gasteiger partial charge in [0.25, 0.3) is 0 Å². The third kappa shape index (κ3) is 6.28. The molecule has 1 saturated carbocycles. The van der Waals surface area contributed by atoms with E-state index in [0.29, 0.717) is 11.5 Å². The number of carbonyl (C=O) groups excluding carboxylic acids is 2. The molecule has 6 nitrogen and oxygen atoms in total. The second kappa shape index (κ2) is 12.0. The van der Waals surface area contributed by atoms with Crippen LogP contribution in [-0.4, -0.2) is 27.4 Å². The van der Waals surface area contributed by atoms with E-state index in [-0.39, 0.29) is 36.8 Å². The number of hydrogen-bond acceptors (Lipinski definition) is 3. The monoisotopic (exact) mass is 498 g/mol. The molecule has 1 N–H and O–H groups in total. The second-order valence-electron chi connectivity index (χ2n) is 8.95. The van der Waals surface area contributed by atoms with Gasteiger partial charge in [-0.25, -0.2) is 9.37 Å². The molecule has 1 aliphatic rings. The molecule has 3 aromatic rings. The van der Waals surface area contributed by atoms with E-state index >= 15 is 0 Å². The molecule has 4 rings (SSSR count). The summed E-state index contributed by atoms with van der Waals surface area (Å²) in [5.74, 6) is -0.350. The Hall–Kier alpha value is -3.19. The Bertz CT molecular complexity index is 1160. The van der Waals surface area contributed by atoms with Gasteiger partial charge < -0.3 is 9.88 Å². The largest absolute Gasteiger partial charge is 0.351 e. The summed E-state index contributed by atoms with van der Waals surface area (Å²) in [6, 6.07) is 12.6. The highest BCUT2D eigenvalue weighted by Crippen LogP contribution is 2.31. The first kappa shape index (κ1) is 26.4. The minimum atomic E-state index is -0.929.